The first-order chi connectivity index (χ1) is 21.6. The van der Waals surface area contributed by atoms with Crippen LogP contribution in [0.1, 0.15) is 45.5 Å². The van der Waals surface area contributed by atoms with Gasteiger partial charge in [-0.15, -0.1) is 0 Å². The molecule has 47 heavy (non-hydrogen) atoms. The van der Waals surface area contributed by atoms with Crippen molar-refractivity contribution in [3.8, 4) is 28.7 Å². The second-order valence-electron chi connectivity index (χ2n) is 13.7. The zero-order chi connectivity index (χ0) is 31.8. The fourth-order valence-corrected chi connectivity index (χ4v) is 7.40. The van der Waals surface area contributed by atoms with Crippen LogP contribution in [0.5, 0.6) is 28.7 Å². The van der Waals surface area contributed by atoms with Crippen LogP contribution in [0.3, 0.4) is 0 Å². The number of benzene rings is 4. The lowest BCUT2D eigenvalue weighted by molar-refractivity contribution is -0.923. The minimum atomic E-state index is 0. The summed E-state index contributed by atoms with van der Waals surface area (Å²) in [4.78, 5) is 0. The fraction of sp³-hybridized carbons (Fsp3) is 0.385. The first kappa shape index (κ1) is 37.3. The number of hydrogen-bond donors (Lipinski definition) is 0. The molecule has 0 spiro atoms. The van der Waals surface area contributed by atoms with E-state index < -0.39 is 0 Å². The van der Waals surface area contributed by atoms with E-state index in [0.29, 0.717) is 29.0 Å². The minimum Gasteiger partial charge on any atom is -1.00 e. The predicted octanol–water partition coefficient (Wildman–Crippen LogP) is 1.35. The van der Waals surface area contributed by atoms with E-state index in [2.05, 4.69) is 94.9 Å². The monoisotopic (exact) mass is 862 g/mol. The van der Waals surface area contributed by atoms with E-state index in [1.54, 1.807) is 21.3 Å². The number of methoxy groups -OCH3 is 3. The first-order valence-corrected chi connectivity index (χ1v) is 16.0. The standard InChI is InChI=1S/C39H48N2O4.2HI/c1-40(2)20-18-28-12-8-10-14-31(28)33(40)22-27-16-17-35(42-5)39(23-27)45-36-26-38(44-7)37(43-6)25-30(36)24-34-32-15-11-9-13-29(32)19-21-41(34,3)4;;/h8-17,23,25-26,33-34H,18-22,24H2,1-7H3;2*1H/q+2;;/p-2. The van der Waals surface area contributed by atoms with Gasteiger partial charge in [0.2, 0.25) is 0 Å². The summed E-state index contributed by atoms with van der Waals surface area (Å²) in [7, 11) is 14.4. The van der Waals surface area contributed by atoms with E-state index in [9.17, 15) is 0 Å². The average Bonchev–Trinajstić information content (AvgIpc) is 3.04. The normalized spacial score (nSPS) is 18.8. The number of rotatable bonds is 9. The van der Waals surface area contributed by atoms with Gasteiger partial charge in [-0.3, -0.25) is 0 Å². The molecule has 4 aromatic carbocycles. The number of nitrogens with zero attached hydrogens (tertiary/aromatic N) is 2. The molecule has 2 aliphatic rings. The molecule has 252 valence electrons. The van der Waals surface area contributed by atoms with Crippen molar-refractivity contribution < 1.29 is 75.9 Å². The first-order valence-electron chi connectivity index (χ1n) is 16.0. The molecule has 0 aromatic heterocycles. The summed E-state index contributed by atoms with van der Waals surface area (Å²) in [6.45, 7) is 2.20. The molecule has 6 nitrogen and oxygen atoms in total. The molecule has 0 saturated carbocycles. The Balaban J connectivity index is 0.00000250. The Hall–Kier alpha value is -2.54. The molecule has 0 saturated heterocycles. The zero-order valence-corrected chi connectivity index (χ0v) is 33.0. The molecule has 2 heterocycles. The van der Waals surface area contributed by atoms with Crippen molar-refractivity contribution in [2.24, 2.45) is 0 Å². The maximum atomic E-state index is 6.85. The highest BCUT2D eigenvalue weighted by Gasteiger charge is 2.37. The van der Waals surface area contributed by atoms with Gasteiger partial charge in [-0.05, 0) is 34.9 Å². The Kier molecular flexibility index (Phi) is 12.2. The summed E-state index contributed by atoms with van der Waals surface area (Å²) in [5.74, 6) is 3.50. The van der Waals surface area contributed by atoms with Gasteiger partial charge >= 0.3 is 0 Å². The van der Waals surface area contributed by atoms with Crippen LogP contribution in [-0.4, -0.2) is 71.6 Å². The van der Waals surface area contributed by atoms with Crippen molar-refractivity contribution in [3.63, 3.8) is 0 Å². The highest BCUT2D eigenvalue weighted by Crippen LogP contribution is 2.44. The summed E-state index contributed by atoms with van der Waals surface area (Å²) in [5.41, 5.74) is 8.05. The maximum Gasteiger partial charge on any atom is 0.169 e. The molecule has 0 bridgehead atoms. The van der Waals surface area contributed by atoms with Crippen molar-refractivity contribution in [1.29, 1.82) is 0 Å². The van der Waals surface area contributed by atoms with Crippen LogP contribution in [0.15, 0.2) is 78.9 Å². The molecule has 0 aliphatic carbocycles. The Morgan fingerprint density at radius 3 is 1.62 bits per heavy atom. The van der Waals surface area contributed by atoms with E-state index in [-0.39, 0.29) is 54.0 Å². The highest BCUT2D eigenvalue weighted by molar-refractivity contribution is 5.54. The summed E-state index contributed by atoms with van der Waals surface area (Å²) in [5, 5.41) is 0. The Bertz CT molecular complexity index is 1690. The van der Waals surface area contributed by atoms with E-state index in [0.717, 1.165) is 59.1 Å². The van der Waals surface area contributed by atoms with E-state index in [4.69, 9.17) is 18.9 Å². The van der Waals surface area contributed by atoms with Gasteiger partial charge in [-0.25, -0.2) is 0 Å². The maximum absolute atomic E-state index is 6.85. The lowest BCUT2D eigenvalue weighted by Gasteiger charge is -2.43. The van der Waals surface area contributed by atoms with Gasteiger partial charge in [0.25, 0.3) is 0 Å². The minimum absolute atomic E-state index is 0. The lowest BCUT2D eigenvalue weighted by atomic mass is 9.87. The van der Waals surface area contributed by atoms with Crippen molar-refractivity contribution in [3.05, 3.63) is 112 Å². The molecule has 6 rings (SSSR count). The smallest absolute Gasteiger partial charge is 0.169 e. The van der Waals surface area contributed by atoms with Gasteiger partial charge in [0.05, 0.1) is 62.6 Å². The molecule has 8 heteroatoms. The second-order valence-corrected chi connectivity index (χ2v) is 13.7. The predicted molar refractivity (Wildman–Crippen MR) is 180 cm³/mol. The van der Waals surface area contributed by atoms with Crippen LogP contribution >= 0.6 is 0 Å². The molecule has 0 N–H and O–H groups in total. The molecule has 4 aromatic rings. The van der Waals surface area contributed by atoms with E-state index in [1.807, 2.05) is 12.1 Å². The largest absolute Gasteiger partial charge is 1.00 e. The van der Waals surface area contributed by atoms with Gasteiger partial charge < -0.3 is 75.9 Å². The number of halogens is 2. The van der Waals surface area contributed by atoms with Crippen LogP contribution in [0, 0.1) is 0 Å². The van der Waals surface area contributed by atoms with Crippen molar-refractivity contribution >= 4 is 0 Å². The van der Waals surface area contributed by atoms with Gasteiger partial charge in [0, 0.05) is 48.4 Å². The van der Waals surface area contributed by atoms with Gasteiger partial charge in [0.1, 0.15) is 17.8 Å². The Morgan fingerprint density at radius 2 is 1.06 bits per heavy atom. The van der Waals surface area contributed by atoms with Crippen LogP contribution in [0.2, 0.25) is 0 Å². The van der Waals surface area contributed by atoms with Crippen LogP contribution in [0.4, 0.5) is 0 Å². The Labute approximate surface area is 315 Å². The zero-order valence-electron chi connectivity index (χ0n) is 28.7. The van der Waals surface area contributed by atoms with E-state index >= 15 is 0 Å². The lowest BCUT2D eigenvalue weighted by Crippen LogP contribution is -3.00. The van der Waals surface area contributed by atoms with Gasteiger partial charge in [-0.2, -0.15) is 0 Å². The molecule has 2 aliphatic heterocycles. The van der Waals surface area contributed by atoms with Crippen LogP contribution in [-0.2, 0) is 25.7 Å². The van der Waals surface area contributed by atoms with Crippen molar-refractivity contribution in [2.45, 2.75) is 37.8 Å². The number of fused-ring (bicyclic) bond motifs is 2. The summed E-state index contributed by atoms with van der Waals surface area (Å²) in [6, 6.07) is 28.8. The number of likely N-dealkylation sites (N-methyl/N-ethyl adjacent to an activating group) is 2. The van der Waals surface area contributed by atoms with Crippen molar-refractivity contribution in [1.82, 2.24) is 0 Å². The van der Waals surface area contributed by atoms with Gasteiger partial charge in [0.15, 0.2) is 23.0 Å². The molecular formula is C39H48I2N2O4. The number of quaternary nitrogens is 2. The summed E-state index contributed by atoms with van der Waals surface area (Å²) >= 11 is 0. The molecule has 0 radical (unpaired) electrons. The quantitative estimate of drug-likeness (QED) is 0.189. The summed E-state index contributed by atoms with van der Waals surface area (Å²) < 4.78 is 26.1. The number of ether oxygens (including phenoxy) is 4. The van der Waals surface area contributed by atoms with Crippen molar-refractivity contribution in [2.75, 3.05) is 62.6 Å². The van der Waals surface area contributed by atoms with Crippen LogP contribution < -0.4 is 66.9 Å². The fourth-order valence-electron chi connectivity index (χ4n) is 7.40. The topological polar surface area (TPSA) is 36.9 Å². The molecule has 2 unspecified atom stereocenters. The molecule has 2 atom stereocenters. The SMILES string of the molecule is COc1cc(CC2c3ccccc3CC[N+]2(C)C)c(Oc2cc(CC3c4ccccc4CC[N+]3(C)C)ccc2OC)cc1OC.[I-].[I-]. The molecular weight excluding hydrogens is 814 g/mol. The highest BCUT2D eigenvalue weighted by atomic mass is 127. The van der Waals surface area contributed by atoms with Crippen LogP contribution in [0.25, 0.3) is 0 Å². The van der Waals surface area contributed by atoms with E-state index in [1.165, 1.54) is 27.8 Å². The summed E-state index contributed by atoms with van der Waals surface area (Å²) in [6.07, 6.45) is 3.90. The molecule has 0 fully saturated rings. The number of hydrogen-bond acceptors (Lipinski definition) is 4. The second kappa shape index (κ2) is 15.3. The third kappa shape index (κ3) is 7.71. The third-order valence-corrected chi connectivity index (χ3v) is 10.3. The average molecular weight is 863 g/mol. The molecule has 0 amide bonds. The van der Waals surface area contributed by atoms with Gasteiger partial charge in [-0.1, -0.05) is 54.6 Å². The Morgan fingerprint density at radius 1 is 0.553 bits per heavy atom. The third-order valence-electron chi connectivity index (χ3n) is 10.3.